The van der Waals surface area contributed by atoms with E-state index in [0.717, 1.165) is 42.4 Å². The molecule has 4 aromatic rings. The number of hydrogen-bond acceptors (Lipinski definition) is 9. The van der Waals surface area contributed by atoms with Crippen LogP contribution in [-0.4, -0.2) is 67.1 Å². The van der Waals surface area contributed by atoms with E-state index in [4.69, 9.17) is 4.98 Å². The number of nitrogens with zero attached hydrogens (tertiary/aromatic N) is 8. The summed E-state index contributed by atoms with van der Waals surface area (Å²) in [4.78, 5) is 31.2. The van der Waals surface area contributed by atoms with E-state index >= 15 is 0 Å². The molecule has 2 aliphatic rings. The second kappa shape index (κ2) is 13.1. The van der Waals surface area contributed by atoms with Crippen LogP contribution < -0.4 is 20.4 Å². The number of carbonyl (C=O) groups excluding carboxylic acids is 1. The molecule has 3 aromatic heterocycles. The molecular formula is C32H36N10O2. The van der Waals surface area contributed by atoms with Gasteiger partial charge in [-0.25, -0.2) is 14.8 Å². The molecule has 1 saturated carbocycles. The number of urea groups is 1. The lowest BCUT2D eigenvalue weighted by atomic mass is 9.90. The van der Waals surface area contributed by atoms with Crippen molar-refractivity contribution in [3.05, 3.63) is 78.4 Å². The minimum atomic E-state index is -0.419. The van der Waals surface area contributed by atoms with Gasteiger partial charge in [-0.05, 0) is 49.8 Å². The highest BCUT2D eigenvalue weighted by Gasteiger charge is 2.32. The molecule has 2 amide bonds. The van der Waals surface area contributed by atoms with Gasteiger partial charge >= 0.3 is 6.03 Å². The number of aliphatic hydroxyl groups excluding tert-OH is 1. The third-order valence-electron chi connectivity index (χ3n) is 8.29. The van der Waals surface area contributed by atoms with Gasteiger partial charge in [-0.2, -0.15) is 15.3 Å². The van der Waals surface area contributed by atoms with Gasteiger partial charge < -0.3 is 20.6 Å². The number of aryl methyl sites for hydroxylation is 1. The summed E-state index contributed by atoms with van der Waals surface area (Å²) < 4.78 is 1.75. The molecule has 0 spiro atoms. The number of nitrogens with one attached hydrogen (secondary N) is 2. The van der Waals surface area contributed by atoms with Crippen LogP contribution >= 0.6 is 0 Å². The summed E-state index contributed by atoms with van der Waals surface area (Å²) in [7, 11) is 1.88. The molecule has 6 rings (SSSR count). The lowest BCUT2D eigenvalue weighted by molar-refractivity contribution is 0.198. The number of hydrogen-bond donors (Lipinski definition) is 3. The lowest BCUT2D eigenvalue weighted by Gasteiger charge is -2.36. The number of anilines is 3. The number of aromatic nitrogens is 5. The van der Waals surface area contributed by atoms with Crippen molar-refractivity contribution in [3.63, 3.8) is 0 Å². The van der Waals surface area contributed by atoms with Crippen LogP contribution in [0.1, 0.15) is 43.2 Å². The number of β-amino-alcohol motifs (C(OH)–C–C–N with tert-alkyl or cyclic N) is 1. The van der Waals surface area contributed by atoms with Crippen molar-refractivity contribution in [2.24, 2.45) is 7.05 Å². The Morgan fingerprint density at radius 3 is 2.52 bits per heavy atom. The largest absolute Gasteiger partial charge is 0.391 e. The lowest BCUT2D eigenvalue weighted by Crippen LogP contribution is -2.49. The molecule has 12 heteroatoms. The minimum absolute atomic E-state index is 0.0379. The fourth-order valence-electron chi connectivity index (χ4n) is 5.94. The Kier molecular flexibility index (Phi) is 8.65. The van der Waals surface area contributed by atoms with Gasteiger partial charge in [-0.1, -0.05) is 30.3 Å². The number of benzene rings is 1. The highest BCUT2D eigenvalue weighted by atomic mass is 16.3. The van der Waals surface area contributed by atoms with E-state index < -0.39 is 6.10 Å². The average Bonchev–Trinajstić information content (AvgIpc) is 3.70. The molecule has 1 saturated heterocycles. The van der Waals surface area contributed by atoms with Crippen molar-refractivity contribution in [2.45, 2.75) is 56.8 Å². The maximum atomic E-state index is 13.7. The smallest absolute Gasteiger partial charge is 0.323 e. The number of rotatable bonds is 8. The molecule has 1 aliphatic heterocycles. The van der Waals surface area contributed by atoms with Crippen molar-refractivity contribution in [1.82, 2.24) is 30.0 Å². The second-order valence-electron chi connectivity index (χ2n) is 11.4. The van der Waals surface area contributed by atoms with Crippen LogP contribution in [-0.2, 0) is 13.6 Å². The normalized spacial score (nSPS) is 19.8. The third-order valence-corrected chi connectivity index (χ3v) is 8.29. The van der Waals surface area contributed by atoms with Crippen molar-refractivity contribution in [3.8, 4) is 17.2 Å². The van der Waals surface area contributed by atoms with Crippen LogP contribution in [0.5, 0.6) is 0 Å². The number of aliphatic hydroxyl groups is 1. The van der Waals surface area contributed by atoms with Gasteiger partial charge in [-0.15, -0.1) is 0 Å². The summed E-state index contributed by atoms with van der Waals surface area (Å²) in [5, 5.41) is 30.3. The first kappa shape index (κ1) is 29.1. The highest BCUT2D eigenvalue weighted by molar-refractivity contribution is 5.91. The monoisotopic (exact) mass is 592 g/mol. The van der Waals surface area contributed by atoms with Crippen LogP contribution in [0.25, 0.3) is 11.1 Å². The van der Waals surface area contributed by atoms with E-state index in [9.17, 15) is 15.2 Å². The predicted molar refractivity (Wildman–Crippen MR) is 167 cm³/mol. The Balaban J connectivity index is 1.15. The molecule has 2 fully saturated rings. The zero-order valence-corrected chi connectivity index (χ0v) is 24.7. The van der Waals surface area contributed by atoms with E-state index in [1.807, 2.05) is 60.6 Å². The van der Waals surface area contributed by atoms with Gasteiger partial charge in [-0.3, -0.25) is 9.58 Å². The third kappa shape index (κ3) is 6.63. The minimum Gasteiger partial charge on any atom is -0.391 e. The molecule has 44 heavy (non-hydrogen) atoms. The number of amides is 2. The Labute approximate surface area is 256 Å². The zero-order chi connectivity index (χ0) is 30.5. The number of carbonyl (C=O) groups is 1. The van der Waals surface area contributed by atoms with Gasteiger partial charge in [0.15, 0.2) is 5.82 Å². The topological polar surface area (TPSA) is 148 Å². The molecule has 1 atom stereocenters. The summed E-state index contributed by atoms with van der Waals surface area (Å²) in [6.45, 7) is 1.53. The number of nitriles is 1. The molecule has 226 valence electrons. The fraction of sp³-hybridized carbons (Fsp3) is 0.375. The van der Waals surface area contributed by atoms with Gasteiger partial charge in [0.1, 0.15) is 17.5 Å². The van der Waals surface area contributed by atoms with Gasteiger partial charge in [0.25, 0.3) is 0 Å². The van der Waals surface area contributed by atoms with Crippen molar-refractivity contribution in [1.29, 1.82) is 5.26 Å². The first-order valence-corrected chi connectivity index (χ1v) is 15.0. The maximum absolute atomic E-state index is 13.7. The SMILES string of the molecule is Cn1cc(-c2ccc(N(C(=O)NCc3ccccc3)C3CCC(Nc4ncc(C#N)c(N5CCC(O)C5)n4)CC3)nc2)cn1. The standard InChI is InChI=1S/C32H36N10O2/c1-40-20-25(19-37-40)23-7-12-29(34-17-23)42(32(44)36-16-22-5-3-2-4-6-22)27-10-8-26(9-11-27)38-31-35-18-24(15-33)30(39-31)41-14-13-28(43)21-41/h2-7,12,17-20,26-28,43H,8-11,13-14,16,21H2,1H3,(H,36,44)(H,35,38,39). The summed E-state index contributed by atoms with van der Waals surface area (Å²) in [6, 6.07) is 15.8. The first-order valence-electron chi connectivity index (χ1n) is 15.0. The average molecular weight is 593 g/mol. The number of pyridine rings is 1. The Morgan fingerprint density at radius 1 is 1.05 bits per heavy atom. The van der Waals surface area contributed by atoms with E-state index in [-0.39, 0.29) is 18.1 Å². The van der Waals surface area contributed by atoms with Gasteiger partial charge in [0, 0.05) is 62.3 Å². The Morgan fingerprint density at radius 2 is 1.86 bits per heavy atom. The van der Waals surface area contributed by atoms with E-state index in [1.165, 1.54) is 0 Å². The van der Waals surface area contributed by atoms with Crippen LogP contribution in [0.4, 0.5) is 22.4 Å². The molecule has 0 radical (unpaired) electrons. The van der Waals surface area contributed by atoms with Crippen LogP contribution in [0, 0.1) is 11.3 Å². The quantitative estimate of drug-likeness (QED) is 0.277. The van der Waals surface area contributed by atoms with E-state index in [0.29, 0.717) is 49.2 Å². The Bertz CT molecular complexity index is 1610. The zero-order valence-electron chi connectivity index (χ0n) is 24.7. The van der Waals surface area contributed by atoms with Crippen LogP contribution in [0.15, 0.2) is 67.3 Å². The van der Waals surface area contributed by atoms with E-state index in [1.54, 1.807) is 28.2 Å². The molecular weight excluding hydrogens is 556 g/mol. The second-order valence-corrected chi connectivity index (χ2v) is 11.4. The molecule has 1 aliphatic carbocycles. The highest BCUT2D eigenvalue weighted by Crippen LogP contribution is 2.30. The molecule has 12 nitrogen and oxygen atoms in total. The van der Waals surface area contributed by atoms with Crippen molar-refractivity contribution in [2.75, 3.05) is 28.2 Å². The van der Waals surface area contributed by atoms with E-state index in [2.05, 4.69) is 31.8 Å². The first-order chi connectivity index (χ1) is 21.5. The molecule has 4 heterocycles. The molecule has 0 bridgehead atoms. The fourth-order valence-corrected chi connectivity index (χ4v) is 5.94. The molecule has 1 unspecified atom stereocenters. The predicted octanol–water partition coefficient (Wildman–Crippen LogP) is 3.85. The van der Waals surface area contributed by atoms with Crippen LogP contribution in [0.2, 0.25) is 0 Å². The summed E-state index contributed by atoms with van der Waals surface area (Å²) >= 11 is 0. The molecule has 3 N–H and O–H groups in total. The van der Waals surface area contributed by atoms with Crippen LogP contribution in [0.3, 0.4) is 0 Å². The molecule has 1 aromatic carbocycles. The van der Waals surface area contributed by atoms with Crippen molar-refractivity contribution >= 4 is 23.6 Å². The summed E-state index contributed by atoms with van der Waals surface area (Å²) in [5.74, 6) is 1.62. The van der Waals surface area contributed by atoms with Gasteiger partial charge in [0.05, 0.1) is 18.5 Å². The van der Waals surface area contributed by atoms with Gasteiger partial charge in [0.2, 0.25) is 5.95 Å². The summed E-state index contributed by atoms with van der Waals surface area (Å²) in [5.41, 5.74) is 3.32. The van der Waals surface area contributed by atoms with Crippen molar-refractivity contribution < 1.29 is 9.90 Å². The Hall–Kier alpha value is -5.02. The maximum Gasteiger partial charge on any atom is 0.323 e. The summed E-state index contributed by atoms with van der Waals surface area (Å²) in [6.07, 6.45) is 10.4.